The second kappa shape index (κ2) is 6.27. The molecule has 102 valence electrons. The fourth-order valence-corrected chi connectivity index (χ4v) is 2.26. The lowest BCUT2D eigenvalue weighted by molar-refractivity contribution is -0.136. The molecule has 4 heteroatoms. The van der Waals surface area contributed by atoms with Gasteiger partial charge in [0.25, 0.3) is 0 Å². The predicted octanol–water partition coefficient (Wildman–Crippen LogP) is 2.76. The summed E-state index contributed by atoms with van der Waals surface area (Å²) in [4.78, 5) is 11.7. The molecule has 1 aromatic rings. The van der Waals surface area contributed by atoms with Crippen LogP contribution in [-0.4, -0.2) is 26.2 Å². The average Bonchev–Trinajstić information content (AvgIpc) is 2.48. The predicted molar refractivity (Wildman–Crippen MR) is 74.4 cm³/mol. The van der Waals surface area contributed by atoms with E-state index in [9.17, 15) is 4.79 Å². The molecule has 1 aliphatic rings. The first-order valence-corrected chi connectivity index (χ1v) is 6.43. The van der Waals surface area contributed by atoms with Crippen LogP contribution in [0.4, 0.5) is 5.69 Å². The molecule has 4 nitrogen and oxygen atoms in total. The van der Waals surface area contributed by atoms with E-state index in [2.05, 4.69) is 5.32 Å². The number of allylic oxidation sites excluding steroid dienone is 1. The number of carbonyl (C=O) groups is 1. The molecular formula is C15H19NO3. The van der Waals surface area contributed by atoms with Gasteiger partial charge in [0, 0.05) is 5.69 Å². The third-order valence-corrected chi connectivity index (χ3v) is 3.29. The van der Waals surface area contributed by atoms with E-state index < -0.39 is 0 Å². The highest BCUT2D eigenvalue weighted by molar-refractivity contribution is 5.90. The lowest BCUT2D eigenvalue weighted by Crippen LogP contribution is -2.29. The molecule has 0 radical (unpaired) electrons. The van der Waals surface area contributed by atoms with Gasteiger partial charge in [-0.25, -0.2) is 4.79 Å². The molecular weight excluding hydrogens is 242 g/mol. The first kappa shape index (κ1) is 13.5. The van der Waals surface area contributed by atoms with Crippen LogP contribution in [0.2, 0.25) is 0 Å². The smallest absolute Gasteiger partial charge is 0.335 e. The molecule has 0 fully saturated rings. The highest BCUT2D eigenvalue weighted by Crippen LogP contribution is 2.24. The zero-order valence-corrected chi connectivity index (χ0v) is 11.3. The van der Waals surface area contributed by atoms with Gasteiger partial charge in [-0.1, -0.05) is 6.08 Å². The van der Waals surface area contributed by atoms with Crippen molar-refractivity contribution in [3.63, 3.8) is 0 Å². The molecule has 1 N–H and O–H groups in total. The zero-order valence-electron chi connectivity index (χ0n) is 11.3. The third-order valence-electron chi connectivity index (χ3n) is 3.29. The normalized spacial score (nSPS) is 18.4. The van der Waals surface area contributed by atoms with E-state index in [1.165, 1.54) is 7.11 Å². The van der Waals surface area contributed by atoms with Crippen LogP contribution in [0.15, 0.2) is 35.9 Å². The molecule has 0 bridgehead atoms. The summed E-state index contributed by atoms with van der Waals surface area (Å²) in [7, 11) is 3.06. The van der Waals surface area contributed by atoms with Crippen molar-refractivity contribution in [1.82, 2.24) is 0 Å². The minimum atomic E-state index is -0.245. The largest absolute Gasteiger partial charge is 0.497 e. The van der Waals surface area contributed by atoms with E-state index >= 15 is 0 Å². The van der Waals surface area contributed by atoms with Crippen molar-refractivity contribution in [2.75, 3.05) is 19.5 Å². The highest BCUT2D eigenvalue weighted by atomic mass is 16.5. The maximum absolute atomic E-state index is 11.7. The number of hydrogen-bond donors (Lipinski definition) is 1. The number of hydrogen-bond acceptors (Lipinski definition) is 4. The Bertz CT molecular complexity index is 465. The lowest BCUT2D eigenvalue weighted by atomic mass is 9.94. The second-order valence-electron chi connectivity index (χ2n) is 4.51. The molecule has 0 aromatic heterocycles. The van der Waals surface area contributed by atoms with Crippen LogP contribution < -0.4 is 10.1 Å². The average molecular weight is 261 g/mol. The third kappa shape index (κ3) is 3.28. The van der Waals surface area contributed by atoms with Gasteiger partial charge in [-0.2, -0.15) is 0 Å². The van der Waals surface area contributed by atoms with Crippen molar-refractivity contribution in [1.29, 1.82) is 0 Å². The monoisotopic (exact) mass is 261 g/mol. The number of esters is 1. The van der Waals surface area contributed by atoms with Gasteiger partial charge in [0.05, 0.1) is 25.8 Å². The van der Waals surface area contributed by atoms with Crippen molar-refractivity contribution >= 4 is 11.7 Å². The summed E-state index contributed by atoms with van der Waals surface area (Å²) in [5.74, 6) is 0.573. The molecule has 0 saturated carbocycles. The fourth-order valence-electron chi connectivity index (χ4n) is 2.26. The number of carbonyl (C=O) groups excluding carboxylic acids is 1. The van der Waals surface area contributed by atoms with Crippen molar-refractivity contribution < 1.29 is 14.3 Å². The van der Waals surface area contributed by atoms with E-state index in [0.29, 0.717) is 0 Å². The van der Waals surface area contributed by atoms with E-state index in [4.69, 9.17) is 9.47 Å². The minimum absolute atomic E-state index is 0.0228. The SMILES string of the molecule is COC(=O)C1=CCCC[C@@H]1Nc1ccc(OC)cc1. The maximum Gasteiger partial charge on any atom is 0.335 e. The Labute approximate surface area is 113 Å². The summed E-state index contributed by atoms with van der Waals surface area (Å²) >= 11 is 0. The van der Waals surface area contributed by atoms with Gasteiger partial charge in [0.1, 0.15) is 5.75 Å². The quantitative estimate of drug-likeness (QED) is 0.847. The summed E-state index contributed by atoms with van der Waals surface area (Å²) in [6, 6.07) is 7.71. The van der Waals surface area contributed by atoms with E-state index in [0.717, 1.165) is 36.3 Å². The summed E-state index contributed by atoms with van der Waals surface area (Å²) in [6.45, 7) is 0. The van der Waals surface area contributed by atoms with Crippen LogP contribution in [0, 0.1) is 0 Å². The van der Waals surface area contributed by atoms with Crippen LogP contribution in [0.5, 0.6) is 5.75 Å². The van der Waals surface area contributed by atoms with Crippen LogP contribution >= 0.6 is 0 Å². The molecule has 1 atom stereocenters. The Hall–Kier alpha value is -1.97. The number of nitrogens with one attached hydrogen (secondary N) is 1. The Morgan fingerprint density at radius 2 is 2.00 bits per heavy atom. The topological polar surface area (TPSA) is 47.6 Å². The van der Waals surface area contributed by atoms with Crippen molar-refractivity contribution in [3.8, 4) is 5.75 Å². The highest BCUT2D eigenvalue weighted by Gasteiger charge is 2.23. The van der Waals surface area contributed by atoms with Crippen LogP contribution in [0.3, 0.4) is 0 Å². The Balaban J connectivity index is 2.09. The van der Waals surface area contributed by atoms with Gasteiger partial charge in [-0.15, -0.1) is 0 Å². The van der Waals surface area contributed by atoms with E-state index in [-0.39, 0.29) is 12.0 Å². The number of benzene rings is 1. The summed E-state index contributed by atoms with van der Waals surface area (Å²) in [6.07, 6.45) is 4.92. The molecule has 0 amide bonds. The van der Waals surface area contributed by atoms with E-state index in [1.54, 1.807) is 7.11 Å². The van der Waals surface area contributed by atoms with Gasteiger partial charge in [0.2, 0.25) is 0 Å². The first-order chi connectivity index (χ1) is 9.24. The Morgan fingerprint density at radius 1 is 1.26 bits per heavy atom. The molecule has 1 aliphatic carbocycles. The summed E-state index contributed by atoms with van der Waals surface area (Å²) in [5.41, 5.74) is 1.70. The van der Waals surface area contributed by atoms with Gasteiger partial charge >= 0.3 is 5.97 Å². The van der Waals surface area contributed by atoms with Crippen molar-refractivity contribution in [2.45, 2.75) is 25.3 Å². The summed E-state index contributed by atoms with van der Waals surface area (Å²) < 4.78 is 9.95. The zero-order chi connectivity index (χ0) is 13.7. The van der Waals surface area contributed by atoms with Gasteiger partial charge < -0.3 is 14.8 Å². The number of anilines is 1. The second-order valence-corrected chi connectivity index (χ2v) is 4.51. The molecule has 0 saturated heterocycles. The van der Waals surface area contributed by atoms with Crippen molar-refractivity contribution in [3.05, 3.63) is 35.9 Å². The minimum Gasteiger partial charge on any atom is -0.497 e. The first-order valence-electron chi connectivity index (χ1n) is 6.43. The standard InChI is InChI=1S/C15H19NO3/c1-18-12-9-7-11(8-10-12)16-14-6-4-3-5-13(14)15(17)19-2/h5,7-10,14,16H,3-4,6H2,1-2H3/t14-/m0/s1. The van der Waals surface area contributed by atoms with Crippen LogP contribution in [0.25, 0.3) is 0 Å². The molecule has 0 aliphatic heterocycles. The van der Waals surface area contributed by atoms with E-state index in [1.807, 2.05) is 30.3 Å². The molecule has 0 spiro atoms. The lowest BCUT2D eigenvalue weighted by Gasteiger charge is -2.24. The fraction of sp³-hybridized carbons (Fsp3) is 0.400. The molecule has 19 heavy (non-hydrogen) atoms. The molecule has 2 rings (SSSR count). The van der Waals surface area contributed by atoms with Gasteiger partial charge in [-0.3, -0.25) is 0 Å². The van der Waals surface area contributed by atoms with Gasteiger partial charge in [0.15, 0.2) is 0 Å². The van der Waals surface area contributed by atoms with Crippen LogP contribution in [0.1, 0.15) is 19.3 Å². The van der Waals surface area contributed by atoms with Crippen molar-refractivity contribution in [2.24, 2.45) is 0 Å². The Kier molecular flexibility index (Phi) is 4.44. The Morgan fingerprint density at radius 3 is 2.63 bits per heavy atom. The number of rotatable bonds is 4. The maximum atomic E-state index is 11.7. The number of ether oxygens (including phenoxy) is 2. The summed E-state index contributed by atoms with van der Waals surface area (Å²) in [5, 5.41) is 3.37. The molecule has 0 heterocycles. The van der Waals surface area contributed by atoms with Crippen LogP contribution in [-0.2, 0) is 9.53 Å². The number of methoxy groups -OCH3 is 2. The van der Waals surface area contributed by atoms with Gasteiger partial charge in [-0.05, 0) is 43.5 Å². The molecule has 0 unspecified atom stereocenters. The molecule has 1 aromatic carbocycles.